The van der Waals surface area contributed by atoms with Gasteiger partial charge in [-0.1, -0.05) is 48.5 Å². The van der Waals surface area contributed by atoms with E-state index in [2.05, 4.69) is 27.5 Å². The predicted octanol–water partition coefficient (Wildman–Crippen LogP) is 2.57. The van der Waals surface area contributed by atoms with Gasteiger partial charge in [0.15, 0.2) is 0 Å². The summed E-state index contributed by atoms with van der Waals surface area (Å²) in [7, 11) is 1.77. The Labute approximate surface area is 127 Å². The van der Waals surface area contributed by atoms with Crippen LogP contribution in [-0.2, 0) is 11.8 Å². The fourth-order valence-electron chi connectivity index (χ4n) is 3.02. The first kappa shape index (κ1) is 12.8. The third kappa shape index (κ3) is 1.90. The van der Waals surface area contributed by atoms with E-state index in [0.29, 0.717) is 5.95 Å². The van der Waals surface area contributed by atoms with Crippen LogP contribution in [0.4, 0.5) is 5.95 Å². The fourth-order valence-corrected chi connectivity index (χ4v) is 3.02. The first-order valence-electron chi connectivity index (χ1n) is 7.09. The number of hydrogen-bond donors (Lipinski definition) is 1. The molecule has 0 spiro atoms. The fraction of sp³-hybridized carbons (Fsp3) is 0.118. The summed E-state index contributed by atoms with van der Waals surface area (Å²) in [4.78, 5) is 16.8. The summed E-state index contributed by atoms with van der Waals surface area (Å²) in [5.74, 6) is -0.103. The molecule has 108 valence electrons. The molecule has 4 rings (SSSR count). The summed E-state index contributed by atoms with van der Waals surface area (Å²) in [6.07, 6.45) is 1.56. The highest BCUT2D eigenvalue weighted by Crippen LogP contribution is 2.44. The van der Waals surface area contributed by atoms with E-state index in [4.69, 9.17) is 0 Å². The molecule has 0 atom stereocenters. The van der Waals surface area contributed by atoms with Crippen LogP contribution in [0.3, 0.4) is 0 Å². The summed E-state index contributed by atoms with van der Waals surface area (Å²) in [5, 5.41) is 6.91. The molecule has 22 heavy (non-hydrogen) atoms. The maximum atomic E-state index is 12.7. The Morgan fingerprint density at radius 3 is 2.18 bits per heavy atom. The summed E-state index contributed by atoms with van der Waals surface area (Å²) in [5.41, 5.74) is 4.29. The number of aromatic nitrogens is 3. The smallest absolute Gasteiger partial charge is 0.248 e. The van der Waals surface area contributed by atoms with Crippen LogP contribution >= 0.6 is 0 Å². The minimum atomic E-state index is -0.323. The van der Waals surface area contributed by atoms with Crippen LogP contribution in [0.1, 0.15) is 17.0 Å². The van der Waals surface area contributed by atoms with E-state index in [1.54, 1.807) is 18.1 Å². The van der Waals surface area contributed by atoms with Gasteiger partial charge in [0, 0.05) is 7.05 Å². The van der Waals surface area contributed by atoms with Crippen LogP contribution in [0.25, 0.3) is 11.1 Å². The van der Waals surface area contributed by atoms with Crippen LogP contribution in [0, 0.1) is 0 Å². The van der Waals surface area contributed by atoms with Crippen molar-refractivity contribution in [3.8, 4) is 11.1 Å². The van der Waals surface area contributed by atoms with Gasteiger partial charge in [-0.15, -0.1) is 5.10 Å². The molecule has 1 N–H and O–H groups in total. The highest BCUT2D eigenvalue weighted by molar-refractivity contribution is 6.02. The van der Waals surface area contributed by atoms with Gasteiger partial charge in [0.1, 0.15) is 6.33 Å². The minimum Gasteiger partial charge on any atom is -0.292 e. The van der Waals surface area contributed by atoms with Gasteiger partial charge in [0.05, 0.1) is 5.92 Å². The zero-order valence-electron chi connectivity index (χ0n) is 12.0. The van der Waals surface area contributed by atoms with Crippen molar-refractivity contribution >= 4 is 11.9 Å². The van der Waals surface area contributed by atoms with E-state index in [1.165, 1.54) is 0 Å². The van der Waals surface area contributed by atoms with Gasteiger partial charge in [-0.05, 0) is 22.3 Å². The van der Waals surface area contributed by atoms with Crippen molar-refractivity contribution in [2.45, 2.75) is 5.92 Å². The number of carbonyl (C=O) groups excluding carboxylic acids is 1. The third-order valence-corrected chi connectivity index (χ3v) is 3.93. The third-order valence-electron chi connectivity index (χ3n) is 3.93. The highest BCUT2D eigenvalue weighted by Gasteiger charge is 2.33. The van der Waals surface area contributed by atoms with E-state index >= 15 is 0 Å². The van der Waals surface area contributed by atoms with Crippen LogP contribution < -0.4 is 5.32 Å². The van der Waals surface area contributed by atoms with Crippen LogP contribution in [0.15, 0.2) is 54.9 Å². The number of rotatable bonds is 2. The molecule has 0 unspecified atom stereocenters. The monoisotopic (exact) mass is 290 g/mol. The van der Waals surface area contributed by atoms with Crippen molar-refractivity contribution in [3.05, 3.63) is 66.0 Å². The highest BCUT2D eigenvalue weighted by atomic mass is 16.2. The summed E-state index contributed by atoms with van der Waals surface area (Å²) >= 11 is 0. The first-order chi connectivity index (χ1) is 10.7. The number of benzene rings is 2. The molecular formula is C17H14N4O. The molecule has 1 amide bonds. The molecule has 0 saturated heterocycles. The first-order valence-corrected chi connectivity index (χ1v) is 7.09. The number of nitrogens with zero attached hydrogens (tertiary/aromatic N) is 3. The van der Waals surface area contributed by atoms with Crippen LogP contribution in [-0.4, -0.2) is 20.7 Å². The molecule has 5 heteroatoms. The summed E-state index contributed by atoms with van der Waals surface area (Å²) < 4.78 is 1.56. The maximum Gasteiger partial charge on any atom is 0.248 e. The number of anilines is 1. The standard InChI is InChI=1S/C17H14N4O/c1-21-10-18-17(20-21)19-16(22)15-13-8-4-2-6-11(13)12-7-3-5-9-14(12)15/h2-10,15H,1H3,(H,19,20,22). The molecule has 0 aliphatic heterocycles. The van der Waals surface area contributed by atoms with E-state index < -0.39 is 0 Å². The molecule has 0 saturated carbocycles. The Hall–Kier alpha value is -2.95. The number of hydrogen-bond acceptors (Lipinski definition) is 3. The molecule has 2 aromatic carbocycles. The Morgan fingerprint density at radius 1 is 1.05 bits per heavy atom. The number of fused-ring (bicyclic) bond motifs is 3. The van der Waals surface area contributed by atoms with Crippen molar-refractivity contribution in [2.75, 3.05) is 5.32 Å². The molecular weight excluding hydrogens is 276 g/mol. The van der Waals surface area contributed by atoms with Gasteiger partial charge >= 0.3 is 0 Å². The zero-order chi connectivity index (χ0) is 15.1. The second-order valence-electron chi connectivity index (χ2n) is 5.34. The van der Waals surface area contributed by atoms with Gasteiger partial charge in [-0.3, -0.25) is 14.8 Å². The van der Waals surface area contributed by atoms with Gasteiger partial charge < -0.3 is 0 Å². The maximum absolute atomic E-state index is 12.7. The Morgan fingerprint density at radius 2 is 1.64 bits per heavy atom. The van der Waals surface area contributed by atoms with E-state index in [1.807, 2.05) is 36.4 Å². The van der Waals surface area contributed by atoms with Crippen molar-refractivity contribution in [3.63, 3.8) is 0 Å². The van der Waals surface area contributed by atoms with Crippen molar-refractivity contribution in [1.82, 2.24) is 14.8 Å². The van der Waals surface area contributed by atoms with Crippen molar-refractivity contribution in [1.29, 1.82) is 0 Å². The molecule has 3 aromatic rings. The molecule has 0 radical (unpaired) electrons. The SMILES string of the molecule is Cn1cnc(NC(=O)C2c3ccccc3-c3ccccc32)n1. The number of amides is 1. The Kier molecular flexibility index (Phi) is 2.79. The Bertz CT molecular complexity index is 823. The molecule has 5 nitrogen and oxygen atoms in total. The lowest BCUT2D eigenvalue weighted by molar-refractivity contribution is -0.116. The lowest BCUT2D eigenvalue weighted by atomic mass is 9.96. The topological polar surface area (TPSA) is 59.8 Å². The molecule has 0 fully saturated rings. The van der Waals surface area contributed by atoms with Crippen molar-refractivity contribution < 1.29 is 4.79 Å². The molecule has 1 aliphatic carbocycles. The van der Waals surface area contributed by atoms with Gasteiger partial charge in [0.2, 0.25) is 11.9 Å². The van der Waals surface area contributed by atoms with E-state index in [9.17, 15) is 4.79 Å². The van der Waals surface area contributed by atoms with Crippen LogP contribution in [0.2, 0.25) is 0 Å². The average molecular weight is 290 g/mol. The van der Waals surface area contributed by atoms with Gasteiger partial charge in [-0.2, -0.15) is 0 Å². The molecule has 1 aromatic heterocycles. The van der Waals surface area contributed by atoms with Gasteiger partial charge in [0.25, 0.3) is 0 Å². The minimum absolute atomic E-state index is 0.108. The predicted molar refractivity (Wildman–Crippen MR) is 83.4 cm³/mol. The second kappa shape index (κ2) is 4.80. The largest absolute Gasteiger partial charge is 0.292 e. The van der Waals surface area contributed by atoms with Crippen LogP contribution in [0.5, 0.6) is 0 Å². The van der Waals surface area contributed by atoms with E-state index in [-0.39, 0.29) is 11.8 Å². The number of nitrogens with one attached hydrogen (secondary N) is 1. The average Bonchev–Trinajstić information content (AvgIpc) is 3.08. The van der Waals surface area contributed by atoms with E-state index in [0.717, 1.165) is 22.3 Å². The summed E-state index contributed by atoms with van der Waals surface area (Å²) in [6.45, 7) is 0. The quantitative estimate of drug-likeness (QED) is 0.789. The number of aryl methyl sites for hydroxylation is 1. The summed E-state index contributed by atoms with van der Waals surface area (Å²) in [6, 6.07) is 16.0. The lowest BCUT2D eigenvalue weighted by Crippen LogP contribution is -2.21. The second-order valence-corrected chi connectivity index (χ2v) is 5.34. The lowest BCUT2D eigenvalue weighted by Gasteiger charge is -2.12. The molecule has 0 bridgehead atoms. The number of carbonyl (C=O) groups is 1. The molecule has 1 heterocycles. The van der Waals surface area contributed by atoms with Gasteiger partial charge in [-0.25, -0.2) is 4.98 Å². The van der Waals surface area contributed by atoms with Crippen molar-refractivity contribution in [2.24, 2.45) is 7.05 Å². The Balaban J connectivity index is 1.76. The molecule has 1 aliphatic rings. The normalized spacial score (nSPS) is 12.8. The zero-order valence-corrected chi connectivity index (χ0v) is 12.0.